The molecular formula is C19H21ClN2O3S2. The molecule has 27 heavy (non-hydrogen) atoms. The van der Waals surface area contributed by atoms with Crippen LogP contribution in [0.25, 0.3) is 0 Å². The molecule has 1 heterocycles. The van der Waals surface area contributed by atoms with Crippen molar-refractivity contribution in [3.05, 3.63) is 53.6 Å². The number of rotatable bonds is 5. The first-order chi connectivity index (χ1) is 12.9. The fraction of sp³-hybridized carbons (Fsp3) is 0.316. The van der Waals surface area contributed by atoms with E-state index in [0.29, 0.717) is 41.5 Å². The van der Waals surface area contributed by atoms with Crippen LogP contribution in [0, 0.1) is 5.92 Å². The molecule has 0 saturated carbocycles. The molecule has 144 valence electrons. The second kappa shape index (κ2) is 8.65. The summed E-state index contributed by atoms with van der Waals surface area (Å²) in [6.07, 6.45) is 2.92. The molecule has 0 atom stereocenters. The molecule has 0 aromatic heterocycles. The van der Waals surface area contributed by atoms with Crippen molar-refractivity contribution in [2.45, 2.75) is 22.6 Å². The number of hydrogen-bond donors (Lipinski definition) is 1. The van der Waals surface area contributed by atoms with E-state index in [4.69, 9.17) is 11.6 Å². The number of sulfonamides is 1. The minimum absolute atomic E-state index is 0.121. The number of benzene rings is 2. The van der Waals surface area contributed by atoms with Gasteiger partial charge in [0, 0.05) is 23.9 Å². The van der Waals surface area contributed by atoms with Gasteiger partial charge >= 0.3 is 0 Å². The number of nitrogens with zero attached hydrogens (tertiary/aromatic N) is 1. The zero-order valence-electron chi connectivity index (χ0n) is 14.9. The predicted octanol–water partition coefficient (Wildman–Crippen LogP) is 4.10. The first kappa shape index (κ1) is 20.2. The van der Waals surface area contributed by atoms with E-state index < -0.39 is 10.0 Å². The van der Waals surface area contributed by atoms with E-state index in [9.17, 15) is 13.2 Å². The van der Waals surface area contributed by atoms with Gasteiger partial charge in [0.1, 0.15) is 0 Å². The third kappa shape index (κ3) is 4.66. The van der Waals surface area contributed by atoms with Crippen molar-refractivity contribution in [1.29, 1.82) is 0 Å². The molecule has 2 aromatic rings. The van der Waals surface area contributed by atoms with Gasteiger partial charge in [-0.25, -0.2) is 8.42 Å². The van der Waals surface area contributed by atoms with E-state index in [1.54, 1.807) is 60.3 Å². The highest BCUT2D eigenvalue weighted by atomic mass is 35.5. The lowest BCUT2D eigenvalue weighted by Crippen LogP contribution is -2.41. The molecule has 0 bridgehead atoms. The van der Waals surface area contributed by atoms with Gasteiger partial charge in [-0.05, 0) is 55.5 Å². The molecule has 5 nitrogen and oxygen atoms in total. The summed E-state index contributed by atoms with van der Waals surface area (Å²) in [5, 5.41) is 3.32. The number of para-hydroxylation sites is 1. The smallest absolute Gasteiger partial charge is 0.243 e. The fourth-order valence-corrected chi connectivity index (χ4v) is 5.11. The van der Waals surface area contributed by atoms with Crippen LogP contribution in [0.2, 0.25) is 5.02 Å². The number of halogens is 1. The number of amides is 1. The minimum atomic E-state index is -3.53. The molecule has 2 aromatic carbocycles. The average Bonchev–Trinajstić information content (AvgIpc) is 2.70. The Labute approximate surface area is 169 Å². The number of nitrogens with one attached hydrogen (secondary N) is 1. The van der Waals surface area contributed by atoms with Gasteiger partial charge in [0.2, 0.25) is 15.9 Å². The summed E-state index contributed by atoms with van der Waals surface area (Å²) in [4.78, 5) is 13.8. The molecule has 1 amide bonds. The first-order valence-corrected chi connectivity index (χ1v) is 11.7. The summed E-state index contributed by atoms with van der Waals surface area (Å²) in [6, 6.07) is 14.0. The quantitative estimate of drug-likeness (QED) is 0.734. The van der Waals surface area contributed by atoms with Crippen LogP contribution in [0.1, 0.15) is 12.8 Å². The third-order valence-electron chi connectivity index (χ3n) is 4.65. The van der Waals surface area contributed by atoms with E-state index in [0.717, 1.165) is 4.90 Å². The van der Waals surface area contributed by atoms with Crippen LogP contribution in [0.5, 0.6) is 0 Å². The first-order valence-electron chi connectivity index (χ1n) is 8.61. The number of hydrogen-bond acceptors (Lipinski definition) is 4. The highest BCUT2D eigenvalue weighted by Crippen LogP contribution is 2.27. The average molecular weight is 425 g/mol. The molecule has 8 heteroatoms. The summed E-state index contributed by atoms with van der Waals surface area (Å²) in [5.41, 5.74) is 0.577. The van der Waals surface area contributed by atoms with Crippen LogP contribution in [0.4, 0.5) is 5.69 Å². The van der Waals surface area contributed by atoms with Crippen LogP contribution in [0.15, 0.2) is 58.3 Å². The zero-order chi connectivity index (χ0) is 19.4. The highest BCUT2D eigenvalue weighted by Gasteiger charge is 2.32. The van der Waals surface area contributed by atoms with Crippen molar-refractivity contribution in [1.82, 2.24) is 4.31 Å². The lowest BCUT2D eigenvalue weighted by atomic mass is 9.97. The van der Waals surface area contributed by atoms with Crippen molar-refractivity contribution in [3.8, 4) is 0 Å². The van der Waals surface area contributed by atoms with Crippen molar-refractivity contribution < 1.29 is 13.2 Å². The Kier molecular flexibility index (Phi) is 6.47. The van der Waals surface area contributed by atoms with Crippen molar-refractivity contribution >= 4 is 45.0 Å². The standard InChI is InChI=1S/C19H21ClN2O3S2/c1-26-15-6-8-16(9-7-15)27(24,25)22-12-10-14(11-13-22)19(23)21-18-5-3-2-4-17(18)20/h2-9,14H,10-13H2,1H3,(H,21,23). The van der Waals surface area contributed by atoms with Gasteiger partial charge in [0.25, 0.3) is 0 Å². The SMILES string of the molecule is CSc1ccc(S(=O)(=O)N2CCC(C(=O)Nc3ccccc3Cl)CC2)cc1. The van der Waals surface area contributed by atoms with Crippen LogP contribution in [-0.4, -0.2) is 38.0 Å². The Bertz CT molecular complexity index is 909. The fourth-order valence-electron chi connectivity index (χ4n) is 3.05. The second-order valence-electron chi connectivity index (χ2n) is 6.32. The van der Waals surface area contributed by atoms with Crippen LogP contribution in [0.3, 0.4) is 0 Å². The van der Waals surface area contributed by atoms with Gasteiger partial charge in [-0.15, -0.1) is 11.8 Å². The molecule has 0 unspecified atom stereocenters. The summed E-state index contributed by atoms with van der Waals surface area (Å²) < 4.78 is 27.1. The molecule has 1 aliphatic heterocycles. The molecular weight excluding hydrogens is 404 g/mol. The number of carbonyl (C=O) groups excluding carboxylic acids is 1. The van der Waals surface area contributed by atoms with E-state index in [1.807, 2.05) is 6.26 Å². The summed E-state index contributed by atoms with van der Waals surface area (Å²) in [6.45, 7) is 0.653. The van der Waals surface area contributed by atoms with Crippen molar-refractivity contribution in [2.75, 3.05) is 24.7 Å². The van der Waals surface area contributed by atoms with Crippen LogP contribution < -0.4 is 5.32 Å². The van der Waals surface area contributed by atoms with Crippen molar-refractivity contribution in [2.24, 2.45) is 5.92 Å². The van der Waals surface area contributed by atoms with E-state index >= 15 is 0 Å². The molecule has 0 aliphatic carbocycles. The molecule has 1 aliphatic rings. The van der Waals surface area contributed by atoms with Gasteiger partial charge in [0.15, 0.2) is 0 Å². The number of thioether (sulfide) groups is 1. The lowest BCUT2D eigenvalue weighted by molar-refractivity contribution is -0.120. The zero-order valence-corrected chi connectivity index (χ0v) is 17.3. The molecule has 1 fully saturated rings. The van der Waals surface area contributed by atoms with E-state index in [2.05, 4.69) is 5.32 Å². The maximum absolute atomic E-state index is 12.8. The Morgan fingerprint density at radius 3 is 2.33 bits per heavy atom. The monoisotopic (exact) mass is 424 g/mol. The van der Waals surface area contributed by atoms with Gasteiger partial charge < -0.3 is 5.32 Å². The van der Waals surface area contributed by atoms with Crippen LogP contribution >= 0.6 is 23.4 Å². The van der Waals surface area contributed by atoms with Gasteiger partial charge in [0.05, 0.1) is 15.6 Å². The minimum Gasteiger partial charge on any atom is -0.325 e. The number of anilines is 1. The normalized spacial score (nSPS) is 16.2. The molecule has 0 spiro atoms. The van der Waals surface area contributed by atoms with Crippen molar-refractivity contribution in [3.63, 3.8) is 0 Å². The summed E-state index contributed by atoms with van der Waals surface area (Å²) >= 11 is 7.64. The van der Waals surface area contributed by atoms with E-state index in [1.165, 1.54) is 4.31 Å². The molecule has 1 N–H and O–H groups in total. The maximum Gasteiger partial charge on any atom is 0.243 e. The van der Waals surface area contributed by atoms with Gasteiger partial charge in [-0.3, -0.25) is 4.79 Å². The number of piperidine rings is 1. The van der Waals surface area contributed by atoms with Crippen LogP contribution in [-0.2, 0) is 14.8 Å². The van der Waals surface area contributed by atoms with Gasteiger partial charge in [-0.2, -0.15) is 4.31 Å². The Morgan fingerprint density at radius 2 is 1.74 bits per heavy atom. The molecule has 0 radical (unpaired) electrons. The number of carbonyl (C=O) groups is 1. The highest BCUT2D eigenvalue weighted by molar-refractivity contribution is 7.98. The Balaban J connectivity index is 1.62. The summed E-state index contributed by atoms with van der Waals surface area (Å²) in [5.74, 6) is -0.351. The predicted molar refractivity (Wildman–Crippen MR) is 110 cm³/mol. The molecule has 1 saturated heterocycles. The van der Waals surface area contributed by atoms with E-state index in [-0.39, 0.29) is 11.8 Å². The Hall–Kier alpha value is -1.54. The topological polar surface area (TPSA) is 66.5 Å². The summed E-state index contributed by atoms with van der Waals surface area (Å²) in [7, 11) is -3.53. The van der Waals surface area contributed by atoms with Gasteiger partial charge in [-0.1, -0.05) is 23.7 Å². The largest absolute Gasteiger partial charge is 0.325 e. The molecule has 3 rings (SSSR count). The second-order valence-corrected chi connectivity index (χ2v) is 9.55. The maximum atomic E-state index is 12.8. The Morgan fingerprint density at radius 1 is 1.11 bits per heavy atom. The third-order valence-corrected chi connectivity index (χ3v) is 7.64. The lowest BCUT2D eigenvalue weighted by Gasteiger charge is -2.30.